The molecule has 1 rings (SSSR count). The maximum atomic E-state index is 2.45. The molecular weight excluding hydrogens is 427 g/mol. The number of benzene rings is 1. The molecule has 0 spiro atoms. The van der Waals surface area contributed by atoms with Crippen molar-refractivity contribution in [1.29, 1.82) is 0 Å². The number of nitrogens with zero attached hydrogens (tertiary/aromatic N) is 1. The first-order valence-electron chi connectivity index (χ1n) is 7.06. The van der Waals surface area contributed by atoms with Crippen molar-refractivity contribution in [2.45, 2.75) is 54.3 Å². The Hall–Kier alpha value is 0.0631. The Morgan fingerprint density at radius 2 is 1.37 bits per heavy atom. The predicted octanol–water partition coefficient (Wildman–Crippen LogP) is 4.05. The second kappa shape index (κ2) is 6.23. The third-order valence-corrected chi connectivity index (χ3v) is 17.1. The molecule has 19 heavy (non-hydrogen) atoms. The van der Waals surface area contributed by atoms with Gasteiger partial charge in [0.15, 0.2) is 0 Å². The Labute approximate surface area is 128 Å². The first kappa shape index (κ1) is 17.1. The van der Waals surface area contributed by atoms with Gasteiger partial charge in [0.1, 0.15) is 0 Å². The second-order valence-electron chi connectivity index (χ2n) is 7.54. The molecule has 0 saturated heterocycles. The van der Waals surface area contributed by atoms with E-state index >= 15 is 0 Å². The third kappa shape index (κ3) is 4.83. The first-order chi connectivity index (χ1) is 8.53. The summed E-state index contributed by atoms with van der Waals surface area (Å²) >= 11 is -1.86. The molecule has 2 heteroatoms. The van der Waals surface area contributed by atoms with Gasteiger partial charge in [-0.3, -0.25) is 0 Å². The van der Waals surface area contributed by atoms with Gasteiger partial charge in [-0.15, -0.1) is 0 Å². The van der Waals surface area contributed by atoms with E-state index in [0.717, 1.165) is 6.54 Å². The molecule has 108 valence electrons. The summed E-state index contributed by atoms with van der Waals surface area (Å²) in [4.78, 5) is 2.28. The van der Waals surface area contributed by atoms with E-state index < -0.39 is 21.8 Å². The van der Waals surface area contributed by atoms with Crippen LogP contribution in [0.25, 0.3) is 0 Å². The summed E-state index contributed by atoms with van der Waals surface area (Å²) in [6.07, 6.45) is 0. The summed E-state index contributed by atoms with van der Waals surface area (Å²) in [6.45, 7) is 15.7. The van der Waals surface area contributed by atoms with Crippen LogP contribution in [0.1, 0.15) is 47.1 Å². The first-order valence-corrected chi connectivity index (χ1v) is 12.3. The van der Waals surface area contributed by atoms with Crippen molar-refractivity contribution in [1.82, 2.24) is 4.90 Å². The van der Waals surface area contributed by atoms with Gasteiger partial charge in [-0.25, -0.2) is 0 Å². The molecule has 0 radical (unpaired) electrons. The Morgan fingerprint density at radius 3 is 1.79 bits per heavy atom. The van der Waals surface area contributed by atoms with E-state index in [1.165, 1.54) is 0 Å². The summed E-state index contributed by atoms with van der Waals surface area (Å²) in [7, 11) is 4.32. The van der Waals surface area contributed by atoms with Gasteiger partial charge < -0.3 is 0 Å². The fourth-order valence-corrected chi connectivity index (χ4v) is 19.0. The van der Waals surface area contributed by atoms with Crippen molar-refractivity contribution in [2.24, 2.45) is 0 Å². The van der Waals surface area contributed by atoms with Crippen LogP contribution >= 0.6 is 0 Å². The molecule has 0 aromatic heterocycles. The predicted molar refractivity (Wildman–Crippen MR) is 88.7 cm³/mol. The summed E-state index contributed by atoms with van der Waals surface area (Å²) in [5.74, 6) is 0. The zero-order valence-corrected chi connectivity index (χ0v) is 17.4. The molecule has 0 amide bonds. The molecule has 0 atom stereocenters. The normalized spacial score (nSPS) is 13.4. The van der Waals surface area contributed by atoms with Crippen LogP contribution in [-0.2, 0) is 6.54 Å². The van der Waals surface area contributed by atoms with Gasteiger partial charge in [0, 0.05) is 0 Å². The van der Waals surface area contributed by atoms with Gasteiger partial charge in [-0.1, -0.05) is 0 Å². The Morgan fingerprint density at radius 1 is 0.895 bits per heavy atom. The minimum absolute atomic E-state index is 0.468. The molecule has 0 heterocycles. The molecule has 0 aliphatic heterocycles. The number of hydrogen-bond acceptors (Lipinski definition) is 1. The number of hydrogen-bond donors (Lipinski definition) is 0. The molecule has 0 unspecified atom stereocenters. The molecule has 1 aromatic rings. The van der Waals surface area contributed by atoms with Gasteiger partial charge in [0.05, 0.1) is 0 Å². The van der Waals surface area contributed by atoms with Crippen LogP contribution in [0.15, 0.2) is 24.3 Å². The summed E-state index contributed by atoms with van der Waals surface area (Å²) in [5, 5.41) is 0. The van der Waals surface area contributed by atoms with Crippen molar-refractivity contribution in [2.75, 3.05) is 14.1 Å². The monoisotopic (exact) mass is 457 g/mol. The SMILES string of the molecule is CN(C)Cc1cccc[c]1[Bi]([C](C)(C)C)[C](C)(C)C. The van der Waals surface area contributed by atoms with Crippen molar-refractivity contribution >= 4 is 25.0 Å². The fraction of sp³-hybridized carbons (Fsp3) is 0.647. The van der Waals surface area contributed by atoms with E-state index in [1.54, 1.807) is 8.83 Å². The standard InChI is InChI=1S/C9H12N.2C4H9.Bi/c1-10(2)8-9-6-4-3-5-7-9;2*1-4(2)3;/h3-6H,8H2,1-2H3;2*1-3H3;. The third-order valence-electron chi connectivity index (χ3n) is 3.06. The Kier molecular flexibility index (Phi) is 5.61. The zero-order chi connectivity index (χ0) is 14.8. The molecule has 0 bridgehead atoms. The molecule has 0 saturated carbocycles. The van der Waals surface area contributed by atoms with Gasteiger partial charge in [0.2, 0.25) is 0 Å². The minimum atomic E-state index is -1.86. The van der Waals surface area contributed by atoms with Crippen LogP contribution in [0.5, 0.6) is 0 Å². The van der Waals surface area contributed by atoms with Gasteiger partial charge in [-0.05, 0) is 0 Å². The zero-order valence-electron chi connectivity index (χ0n) is 13.9. The second-order valence-corrected chi connectivity index (χ2v) is 22.5. The van der Waals surface area contributed by atoms with Gasteiger partial charge in [-0.2, -0.15) is 0 Å². The molecule has 0 N–H and O–H groups in total. The van der Waals surface area contributed by atoms with Gasteiger partial charge in [0.25, 0.3) is 0 Å². The van der Waals surface area contributed by atoms with Crippen LogP contribution in [-0.4, -0.2) is 40.7 Å². The number of rotatable bonds is 3. The van der Waals surface area contributed by atoms with E-state index in [1.807, 2.05) is 0 Å². The summed E-state index contributed by atoms with van der Waals surface area (Å²) < 4.78 is 2.65. The van der Waals surface area contributed by atoms with Crippen molar-refractivity contribution in [3.63, 3.8) is 0 Å². The van der Waals surface area contributed by atoms with Crippen LogP contribution in [0, 0.1) is 0 Å². The maximum absolute atomic E-state index is 2.45. The molecule has 1 nitrogen and oxygen atoms in total. The summed E-state index contributed by atoms with van der Waals surface area (Å²) in [5.41, 5.74) is 1.55. The van der Waals surface area contributed by atoms with Crippen LogP contribution in [0.4, 0.5) is 0 Å². The van der Waals surface area contributed by atoms with Crippen LogP contribution in [0.2, 0.25) is 6.25 Å². The van der Waals surface area contributed by atoms with E-state index in [4.69, 9.17) is 0 Å². The van der Waals surface area contributed by atoms with E-state index in [9.17, 15) is 0 Å². The molecule has 1 aromatic carbocycles. The molecule has 0 fully saturated rings. The van der Waals surface area contributed by atoms with Crippen LogP contribution in [0.3, 0.4) is 0 Å². The molecule has 0 aliphatic rings. The Bertz CT molecular complexity index is 396. The quantitative estimate of drug-likeness (QED) is 0.620. The summed E-state index contributed by atoms with van der Waals surface area (Å²) in [6, 6.07) is 9.16. The Balaban J connectivity index is 3.31. The van der Waals surface area contributed by atoms with Crippen molar-refractivity contribution < 1.29 is 0 Å². The molecule has 0 aliphatic carbocycles. The molecular formula is C17H30BiN. The van der Waals surface area contributed by atoms with E-state index in [-0.39, 0.29) is 0 Å². The van der Waals surface area contributed by atoms with E-state index in [2.05, 4.69) is 84.8 Å². The van der Waals surface area contributed by atoms with Crippen LogP contribution < -0.4 is 3.27 Å². The van der Waals surface area contributed by atoms with Crippen molar-refractivity contribution in [3.8, 4) is 0 Å². The average Bonchev–Trinajstić information content (AvgIpc) is 2.15. The van der Waals surface area contributed by atoms with Crippen molar-refractivity contribution in [3.05, 3.63) is 29.8 Å². The topological polar surface area (TPSA) is 3.24 Å². The average molecular weight is 457 g/mol. The van der Waals surface area contributed by atoms with Gasteiger partial charge >= 0.3 is 128 Å². The fourth-order valence-electron chi connectivity index (χ4n) is 2.93. The van der Waals surface area contributed by atoms with E-state index in [0.29, 0.717) is 6.25 Å².